The monoisotopic (exact) mass is 374 g/mol. The van der Waals surface area contributed by atoms with Gasteiger partial charge in [-0.05, 0) is 22.0 Å². The van der Waals surface area contributed by atoms with Crippen molar-refractivity contribution in [2.24, 2.45) is 0 Å². The summed E-state index contributed by atoms with van der Waals surface area (Å²) in [5.74, 6) is 0.147. The molecule has 19 heavy (non-hydrogen) atoms. The third kappa shape index (κ3) is 4.46. The van der Waals surface area contributed by atoms with E-state index < -0.39 is 6.67 Å². The Kier molecular flexibility index (Phi) is 8.94. The molecule has 1 fully saturated rings. The predicted octanol–water partition coefficient (Wildman–Crippen LogP) is 2.91. The second kappa shape index (κ2) is 8.97. The van der Waals surface area contributed by atoms with Crippen molar-refractivity contribution in [1.29, 1.82) is 0 Å². The molecule has 1 atom stereocenters. The Labute approximate surface area is 133 Å². The molecule has 0 saturated carbocycles. The van der Waals surface area contributed by atoms with Gasteiger partial charge in [0.25, 0.3) is 0 Å². The second-order valence-corrected chi connectivity index (χ2v) is 4.99. The van der Waals surface area contributed by atoms with Crippen molar-refractivity contribution < 1.29 is 9.50 Å². The van der Waals surface area contributed by atoms with Gasteiger partial charge in [-0.3, -0.25) is 4.90 Å². The molecular formula is C12H18BrCl2FN2O. The van der Waals surface area contributed by atoms with E-state index in [0.29, 0.717) is 10.0 Å². The van der Waals surface area contributed by atoms with E-state index in [1.165, 1.54) is 0 Å². The Balaban J connectivity index is 0.00000162. The number of rotatable bonds is 3. The number of phenolic OH excluding ortho intramolecular Hbond substituents is 1. The van der Waals surface area contributed by atoms with Crippen LogP contribution in [0.5, 0.6) is 5.75 Å². The summed E-state index contributed by atoms with van der Waals surface area (Å²) in [7, 11) is 0. The molecule has 1 aliphatic rings. The molecule has 0 radical (unpaired) electrons. The number of hydrogen-bond acceptors (Lipinski definition) is 3. The fraction of sp³-hybridized carbons (Fsp3) is 0.500. The van der Waals surface area contributed by atoms with Crippen molar-refractivity contribution in [3.63, 3.8) is 0 Å². The molecule has 0 aromatic heterocycles. The van der Waals surface area contributed by atoms with Crippen molar-refractivity contribution in [3.05, 3.63) is 28.2 Å². The first kappa shape index (κ1) is 18.9. The molecule has 110 valence electrons. The smallest absolute Gasteiger partial charge is 0.134 e. The minimum atomic E-state index is -0.482. The number of halogens is 4. The summed E-state index contributed by atoms with van der Waals surface area (Å²) in [6.45, 7) is 2.86. The summed E-state index contributed by atoms with van der Waals surface area (Å²) in [6.07, 6.45) is 0. The Morgan fingerprint density at radius 3 is 2.53 bits per heavy atom. The molecule has 0 bridgehead atoms. The van der Waals surface area contributed by atoms with Crippen LogP contribution in [-0.2, 0) is 0 Å². The maximum Gasteiger partial charge on any atom is 0.134 e. The average Bonchev–Trinajstić information content (AvgIpc) is 2.37. The Morgan fingerprint density at radius 1 is 1.32 bits per heavy atom. The lowest BCUT2D eigenvalue weighted by atomic mass is 10.0. The highest BCUT2D eigenvalue weighted by atomic mass is 79.9. The number of alkyl halides is 1. The van der Waals surface area contributed by atoms with Crippen LogP contribution in [0.25, 0.3) is 0 Å². The Bertz CT molecular complexity index is 392. The maximum atomic E-state index is 13.3. The van der Waals surface area contributed by atoms with E-state index >= 15 is 0 Å². The van der Waals surface area contributed by atoms with Crippen molar-refractivity contribution in [3.8, 4) is 5.75 Å². The molecule has 0 amide bonds. The zero-order chi connectivity index (χ0) is 12.3. The fourth-order valence-corrected chi connectivity index (χ4v) is 2.55. The number of aromatic hydroxyl groups is 1. The topological polar surface area (TPSA) is 35.5 Å². The van der Waals surface area contributed by atoms with Crippen molar-refractivity contribution in [1.82, 2.24) is 10.2 Å². The van der Waals surface area contributed by atoms with E-state index in [9.17, 15) is 9.50 Å². The quantitative estimate of drug-likeness (QED) is 0.852. The summed E-state index contributed by atoms with van der Waals surface area (Å²) < 4.78 is 13.9. The van der Waals surface area contributed by atoms with Gasteiger partial charge in [0, 0.05) is 31.7 Å². The van der Waals surface area contributed by atoms with Gasteiger partial charge in [0.05, 0.1) is 10.5 Å². The van der Waals surface area contributed by atoms with Crippen LogP contribution in [0.15, 0.2) is 22.7 Å². The molecule has 1 aliphatic heterocycles. The van der Waals surface area contributed by atoms with Gasteiger partial charge < -0.3 is 10.4 Å². The number of nitrogens with zero attached hydrogens (tertiary/aromatic N) is 1. The van der Waals surface area contributed by atoms with Crippen LogP contribution in [0.2, 0.25) is 0 Å². The minimum Gasteiger partial charge on any atom is -0.506 e. The molecule has 1 aromatic rings. The summed E-state index contributed by atoms with van der Waals surface area (Å²) >= 11 is 3.26. The first-order chi connectivity index (χ1) is 8.24. The Morgan fingerprint density at radius 2 is 1.95 bits per heavy atom. The number of benzene rings is 1. The number of hydrogen-bond donors (Lipinski definition) is 2. The first-order valence-corrected chi connectivity index (χ1v) is 6.51. The van der Waals surface area contributed by atoms with Gasteiger partial charge in [-0.1, -0.05) is 12.1 Å². The third-order valence-corrected chi connectivity index (χ3v) is 3.76. The molecule has 1 heterocycles. The molecule has 7 heteroatoms. The number of nitrogens with one attached hydrogen (secondary N) is 1. The molecule has 1 aromatic carbocycles. The van der Waals surface area contributed by atoms with Crippen LogP contribution < -0.4 is 5.32 Å². The first-order valence-electron chi connectivity index (χ1n) is 5.72. The predicted molar refractivity (Wildman–Crippen MR) is 83.5 cm³/mol. The van der Waals surface area contributed by atoms with Crippen molar-refractivity contribution in [2.45, 2.75) is 6.04 Å². The summed E-state index contributed by atoms with van der Waals surface area (Å²) in [4.78, 5) is 2.07. The molecule has 2 N–H and O–H groups in total. The lowest BCUT2D eigenvalue weighted by molar-refractivity contribution is 0.145. The van der Waals surface area contributed by atoms with Crippen LogP contribution in [0.4, 0.5) is 4.39 Å². The minimum absolute atomic E-state index is 0. The summed E-state index contributed by atoms with van der Waals surface area (Å²) in [6, 6.07) is 5.01. The highest BCUT2D eigenvalue weighted by Gasteiger charge is 2.24. The normalized spacial score (nSPS) is 17.2. The molecule has 3 nitrogen and oxygen atoms in total. The summed E-state index contributed by atoms with van der Waals surface area (Å²) in [5.41, 5.74) is 0.656. The molecule has 2 rings (SSSR count). The van der Waals surface area contributed by atoms with Crippen LogP contribution in [0, 0.1) is 0 Å². The van der Waals surface area contributed by atoms with Gasteiger partial charge in [-0.25, -0.2) is 4.39 Å². The van der Waals surface area contributed by atoms with Gasteiger partial charge in [0.15, 0.2) is 0 Å². The Hall–Kier alpha value is -0.0700. The SMILES string of the molecule is Cl.Cl.Oc1c(Br)cccc1[C@H](CF)N1CCNCC1. The number of para-hydroxylation sites is 1. The lowest BCUT2D eigenvalue weighted by Gasteiger charge is -2.34. The van der Waals surface area contributed by atoms with Crippen molar-refractivity contribution >= 4 is 40.7 Å². The van der Waals surface area contributed by atoms with Gasteiger partial charge >= 0.3 is 0 Å². The largest absolute Gasteiger partial charge is 0.506 e. The zero-order valence-corrected chi connectivity index (χ0v) is 13.5. The average molecular weight is 376 g/mol. The van der Waals surface area contributed by atoms with Crippen LogP contribution in [-0.4, -0.2) is 42.9 Å². The van der Waals surface area contributed by atoms with Gasteiger partial charge in [-0.2, -0.15) is 0 Å². The summed E-state index contributed by atoms with van der Waals surface area (Å²) in [5, 5.41) is 13.2. The van der Waals surface area contributed by atoms with Gasteiger partial charge in [0.1, 0.15) is 12.4 Å². The number of phenols is 1. The maximum absolute atomic E-state index is 13.3. The zero-order valence-electron chi connectivity index (χ0n) is 10.3. The van der Waals surface area contributed by atoms with E-state index in [4.69, 9.17) is 0 Å². The van der Waals surface area contributed by atoms with E-state index in [0.717, 1.165) is 26.2 Å². The van der Waals surface area contributed by atoms with Gasteiger partial charge in [0.2, 0.25) is 0 Å². The van der Waals surface area contributed by atoms with E-state index in [2.05, 4.69) is 26.1 Å². The van der Waals surface area contributed by atoms with Crippen molar-refractivity contribution in [2.75, 3.05) is 32.9 Å². The third-order valence-electron chi connectivity index (χ3n) is 3.12. The highest BCUT2D eigenvalue weighted by molar-refractivity contribution is 9.10. The fourth-order valence-electron chi connectivity index (χ4n) is 2.17. The van der Waals surface area contributed by atoms with Gasteiger partial charge in [-0.15, -0.1) is 24.8 Å². The highest BCUT2D eigenvalue weighted by Crippen LogP contribution is 2.34. The van der Waals surface area contributed by atoms with E-state index in [1.54, 1.807) is 12.1 Å². The molecule has 1 saturated heterocycles. The van der Waals surface area contributed by atoms with Crippen LogP contribution >= 0.6 is 40.7 Å². The van der Waals surface area contributed by atoms with E-state index in [-0.39, 0.29) is 36.6 Å². The van der Waals surface area contributed by atoms with Crippen LogP contribution in [0.3, 0.4) is 0 Å². The second-order valence-electron chi connectivity index (χ2n) is 4.13. The standard InChI is InChI=1S/C12H16BrFN2O.2ClH/c13-10-3-1-2-9(12(10)17)11(8-14)16-6-4-15-5-7-16;;/h1-3,11,15,17H,4-8H2;2*1H/t11-;;/m0../s1. The molecule has 0 aliphatic carbocycles. The molecule has 0 spiro atoms. The van der Waals surface area contributed by atoms with E-state index in [1.807, 2.05) is 6.07 Å². The molecular weight excluding hydrogens is 358 g/mol. The molecule has 0 unspecified atom stereocenters. The lowest BCUT2D eigenvalue weighted by Crippen LogP contribution is -2.45. The number of piperazine rings is 1. The van der Waals surface area contributed by atoms with Crippen LogP contribution in [0.1, 0.15) is 11.6 Å².